The Morgan fingerprint density at radius 1 is 0.939 bits per heavy atom. The van der Waals surface area contributed by atoms with Crippen LogP contribution in [0.3, 0.4) is 0 Å². The predicted molar refractivity (Wildman–Crippen MR) is 128 cm³/mol. The van der Waals surface area contributed by atoms with Gasteiger partial charge in [-0.3, -0.25) is 9.59 Å². The Balaban J connectivity index is 1.38. The molecule has 1 fully saturated rings. The summed E-state index contributed by atoms with van der Waals surface area (Å²) in [5.74, 6) is 1.11. The molecule has 1 amide bonds. The third-order valence-corrected chi connectivity index (χ3v) is 5.91. The van der Waals surface area contributed by atoms with E-state index in [0.717, 1.165) is 35.8 Å². The molecule has 0 bridgehead atoms. The molecule has 33 heavy (non-hydrogen) atoms. The number of rotatable bonds is 7. The first-order valence-corrected chi connectivity index (χ1v) is 11.1. The van der Waals surface area contributed by atoms with E-state index in [0.29, 0.717) is 19.7 Å². The maximum atomic E-state index is 13.0. The number of piperazine rings is 1. The second-order valence-electron chi connectivity index (χ2n) is 8.09. The Kier molecular flexibility index (Phi) is 6.98. The molecule has 0 N–H and O–H groups in total. The highest BCUT2D eigenvalue weighted by molar-refractivity contribution is 5.76. The van der Waals surface area contributed by atoms with Gasteiger partial charge in [-0.25, -0.2) is 0 Å². The zero-order chi connectivity index (χ0) is 23.2. The number of carbonyl (C=O) groups excluding carboxylic acids is 1. The highest BCUT2D eigenvalue weighted by Gasteiger charge is 2.23. The number of carbonyl (C=O) groups is 1. The Morgan fingerprint density at radius 2 is 1.64 bits per heavy atom. The molecule has 172 valence electrons. The van der Waals surface area contributed by atoms with Gasteiger partial charge >= 0.3 is 0 Å². The van der Waals surface area contributed by atoms with E-state index >= 15 is 0 Å². The number of methoxy groups -OCH3 is 1. The standard InChI is InChI=1S/C26H29N3O4/c1-20-16-23(30)25(33-19-21-8-4-3-5-9-21)17-29(20)18-26(31)28-14-12-27(13-15-28)22-10-6-7-11-24(22)32-2/h3-11,16-17H,12-15,18-19H2,1-2H3. The third kappa shape index (κ3) is 5.37. The van der Waals surface area contributed by atoms with Crippen molar-refractivity contribution in [2.45, 2.75) is 20.1 Å². The van der Waals surface area contributed by atoms with Gasteiger partial charge in [0, 0.05) is 37.9 Å². The molecule has 0 aliphatic carbocycles. The van der Waals surface area contributed by atoms with Crippen molar-refractivity contribution in [1.82, 2.24) is 9.47 Å². The summed E-state index contributed by atoms with van der Waals surface area (Å²) in [6, 6.07) is 19.1. The van der Waals surface area contributed by atoms with E-state index in [1.807, 2.05) is 66.4 Å². The summed E-state index contributed by atoms with van der Waals surface area (Å²) in [6.45, 7) is 5.04. The van der Waals surface area contributed by atoms with Crippen LogP contribution in [-0.4, -0.2) is 48.7 Å². The Hall–Kier alpha value is -3.74. The molecular formula is C26H29N3O4. The molecular weight excluding hydrogens is 418 g/mol. The maximum absolute atomic E-state index is 13.0. The van der Waals surface area contributed by atoms with Crippen molar-refractivity contribution < 1.29 is 14.3 Å². The monoisotopic (exact) mass is 447 g/mol. The smallest absolute Gasteiger partial charge is 0.242 e. The highest BCUT2D eigenvalue weighted by Crippen LogP contribution is 2.28. The lowest BCUT2D eigenvalue weighted by atomic mass is 10.2. The van der Waals surface area contributed by atoms with Gasteiger partial charge in [0.05, 0.1) is 19.0 Å². The highest BCUT2D eigenvalue weighted by atomic mass is 16.5. The van der Waals surface area contributed by atoms with Gasteiger partial charge in [0.15, 0.2) is 5.75 Å². The first kappa shape index (κ1) is 22.5. The number of aromatic nitrogens is 1. The van der Waals surface area contributed by atoms with Gasteiger partial charge in [-0.2, -0.15) is 0 Å². The molecule has 1 saturated heterocycles. The van der Waals surface area contributed by atoms with E-state index in [1.165, 1.54) is 6.07 Å². The van der Waals surface area contributed by atoms with E-state index in [1.54, 1.807) is 17.9 Å². The van der Waals surface area contributed by atoms with Crippen LogP contribution in [0.2, 0.25) is 0 Å². The fraction of sp³-hybridized carbons (Fsp3) is 0.308. The van der Waals surface area contributed by atoms with Crippen molar-refractivity contribution in [1.29, 1.82) is 0 Å². The Labute approximate surface area is 193 Å². The van der Waals surface area contributed by atoms with Crippen LogP contribution in [0.25, 0.3) is 0 Å². The first-order chi connectivity index (χ1) is 16.0. The fourth-order valence-electron chi connectivity index (χ4n) is 4.00. The second-order valence-corrected chi connectivity index (χ2v) is 8.09. The minimum Gasteiger partial charge on any atom is -0.495 e. The Bertz CT molecular complexity index is 1150. The lowest BCUT2D eigenvalue weighted by molar-refractivity contribution is -0.132. The quantitative estimate of drug-likeness (QED) is 0.557. The minimum absolute atomic E-state index is 0.0236. The van der Waals surface area contributed by atoms with Crippen LogP contribution < -0.4 is 19.8 Å². The number of benzene rings is 2. The number of nitrogens with zero attached hydrogens (tertiary/aromatic N) is 3. The van der Waals surface area contributed by atoms with Crippen LogP contribution in [-0.2, 0) is 17.9 Å². The van der Waals surface area contributed by atoms with Gasteiger partial charge in [-0.15, -0.1) is 0 Å². The summed E-state index contributed by atoms with van der Waals surface area (Å²) >= 11 is 0. The number of para-hydroxylation sites is 2. The topological polar surface area (TPSA) is 64.0 Å². The zero-order valence-electron chi connectivity index (χ0n) is 19.1. The molecule has 7 heteroatoms. The molecule has 1 aromatic heterocycles. The Morgan fingerprint density at radius 3 is 2.36 bits per heavy atom. The zero-order valence-corrected chi connectivity index (χ0v) is 19.1. The van der Waals surface area contributed by atoms with Gasteiger partial charge in [-0.1, -0.05) is 42.5 Å². The number of hydrogen-bond acceptors (Lipinski definition) is 5. The molecule has 1 aliphatic rings. The van der Waals surface area contributed by atoms with Crippen molar-refractivity contribution in [2.75, 3.05) is 38.2 Å². The molecule has 1 aliphatic heterocycles. The number of aryl methyl sites for hydroxylation is 1. The molecule has 0 saturated carbocycles. The normalized spacial score (nSPS) is 13.6. The van der Waals surface area contributed by atoms with Gasteiger partial charge < -0.3 is 23.8 Å². The molecule has 3 aromatic rings. The summed E-state index contributed by atoms with van der Waals surface area (Å²) in [6.07, 6.45) is 1.64. The fourth-order valence-corrected chi connectivity index (χ4v) is 4.00. The van der Waals surface area contributed by atoms with Crippen LogP contribution >= 0.6 is 0 Å². The van der Waals surface area contributed by atoms with E-state index in [9.17, 15) is 9.59 Å². The molecule has 0 unspecified atom stereocenters. The first-order valence-electron chi connectivity index (χ1n) is 11.1. The molecule has 7 nitrogen and oxygen atoms in total. The summed E-state index contributed by atoms with van der Waals surface area (Å²) in [4.78, 5) is 29.5. The summed E-state index contributed by atoms with van der Waals surface area (Å²) in [5.41, 5.74) is 2.57. The van der Waals surface area contributed by atoms with Gasteiger partial charge in [0.1, 0.15) is 18.9 Å². The van der Waals surface area contributed by atoms with Crippen LogP contribution in [0.15, 0.2) is 71.7 Å². The van der Waals surface area contributed by atoms with E-state index in [-0.39, 0.29) is 23.6 Å². The largest absolute Gasteiger partial charge is 0.495 e. The summed E-state index contributed by atoms with van der Waals surface area (Å²) in [5, 5.41) is 0. The van der Waals surface area contributed by atoms with Crippen molar-refractivity contribution >= 4 is 11.6 Å². The number of anilines is 1. The summed E-state index contributed by atoms with van der Waals surface area (Å²) in [7, 11) is 1.67. The number of ether oxygens (including phenoxy) is 2. The van der Waals surface area contributed by atoms with Crippen LogP contribution in [0.5, 0.6) is 11.5 Å². The van der Waals surface area contributed by atoms with Crippen molar-refractivity contribution in [3.8, 4) is 11.5 Å². The molecule has 0 atom stereocenters. The van der Waals surface area contributed by atoms with E-state index in [4.69, 9.17) is 9.47 Å². The van der Waals surface area contributed by atoms with E-state index < -0.39 is 0 Å². The van der Waals surface area contributed by atoms with Crippen molar-refractivity contribution in [3.05, 3.63) is 88.3 Å². The SMILES string of the molecule is COc1ccccc1N1CCN(C(=O)Cn2cc(OCc3ccccc3)c(=O)cc2C)CC1. The van der Waals surface area contributed by atoms with E-state index in [2.05, 4.69) is 4.90 Å². The van der Waals surface area contributed by atoms with Gasteiger partial charge in [-0.05, 0) is 24.6 Å². The summed E-state index contributed by atoms with van der Waals surface area (Å²) < 4.78 is 13.0. The number of amides is 1. The molecule has 4 rings (SSSR count). The van der Waals surface area contributed by atoms with Crippen molar-refractivity contribution in [3.63, 3.8) is 0 Å². The van der Waals surface area contributed by atoms with Crippen LogP contribution in [0.4, 0.5) is 5.69 Å². The number of hydrogen-bond donors (Lipinski definition) is 0. The average Bonchev–Trinajstić information content (AvgIpc) is 2.85. The average molecular weight is 448 g/mol. The molecule has 0 radical (unpaired) electrons. The minimum atomic E-state index is -0.183. The number of pyridine rings is 1. The van der Waals surface area contributed by atoms with Crippen LogP contribution in [0, 0.1) is 6.92 Å². The van der Waals surface area contributed by atoms with Crippen molar-refractivity contribution in [2.24, 2.45) is 0 Å². The van der Waals surface area contributed by atoms with Gasteiger partial charge in [0.2, 0.25) is 11.3 Å². The third-order valence-electron chi connectivity index (χ3n) is 5.91. The van der Waals surface area contributed by atoms with Gasteiger partial charge in [0.25, 0.3) is 0 Å². The maximum Gasteiger partial charge on any atom is 0.242 e. The predicted octanol–water partition coefficient (Wildman–Crippen LogP) is 3.09. The lowest BCUT2D eigenvalue weighted by Gasteiger charge is -2.36. The molecule has 2 aromatic carbocycles. The second kappa shape index (κ2) is 10.3. The molecule has 2 heterocycles. The lowest BCUT2D eigenvalue weighted by Crippen LogP contribution is -2.49. The van der Waals surface area contributed by atoms with Crippen LogP contribution in [0.1, 0.15) is 11.3 Å². The molecule has 0 spiro atoms.